The van der Waals surface area contributed by atoms with E-state index in [0.717, 1.165) is 12.5 Å². The van der Waals surface area contributed by atoms with E-state index in [1.807, 2.05) is 0 Å². The van der Waals surface area contributed by atoms with Crippen LogP contribution in [-0.2, 0) is 25.7 Å². The molecule has 0 spiro atoms. The minimum absolute atomic E-state index is 0.216. The Morgan fingerprint density at radius 3 is 2.36 bits per heavy atom. The fourth-order valence-corrected chi connectivity index (χ4v) is 1.60. The molecule has 7 nitrogen and oxygen atoms in total. The maximum atomic E-state index is 11.8. The number of carbonyl (C=O) groups excluding carboxylic acids is 2. The van der Waals surface area contributed by atoms with Crippen LogP contribution in [-0.4, -0.2) is 30.1 Å². The van der Waals surface area contributed by atoms with E-state index in [4.69, 9.17) is 9.84 Å². The fourth-order valence-electron chi connectivity index (χ4n) is 1.60. The summed E-state index contributed by atoms with van der Waals surface area (Å²) in [4.78, 5) is 33.2. The third-order valence-corrected chi connectivity index (χ3v) is 2.54. The summed E-state index contributed by atoms with van der Waals surface area (Å²) in [5, 5.41) is 11.3. The van der Waals surface area contributed by atoms with Gasteiger partial charge in [-0.1, -0.05) is 12.1 Å². The van der Waals surface area contributed by atoms with Crippen molar-refractivity contribution >= 4 is 17.8 Å². The highest BCUT2D eigenvalue weighted by Crippen LogP contribution is 2.11. The van der Waals surface area contributed by atoms with Crippen molar-refractivity contribution in [3.8, 4) is 5.75 Å². The molecule has 0 heterocycles. The number of ether oxygens (including phenoxy) is 2. The number of hydrogen-bond donors (Lipinski definition) is 2. The second-order valence-electron chi connectivity index (χ2n) is 4.34. The highest BCUT2D eigenvalue weighted by Gasteiger charge is 2.11. The van der Waals surface area contributed by atoms with E-state index >= 15 is 0 Å². The Bertz CT molecular complexity index is 576. The first-order valence-electron chi connectivity index (χ1n) is 6.42. The average Bonchev–Trinajstić information content (AvgIpc) is 2.44. The molecule has 0 aromatic heterocycles. The van der Waals surface area contributed by atoms with Gasteiger partial charge in [-0.3, -0.25) is 9.59 Å². The normalized spacial score (nSPS) is 10.7. The Balaban J connectivity index is 2.55. The van der Waals surface area contributed by atoms with Crippen LogP contribution in [0.1, 0.15) is 18.9 Å². The smallest absolute Gasteiger partial charge is 0.331 e. The number of carboxylic acids is 1. The lowest BCUT2D eigenvalue weighted by atomic mass is 10.2. The van der Waals surface area contributed by atoms with Crippen molar-refractivity contribution in [3.63, 3.8) is 0 Å². The Labute approximate surface area is 127 Å². The summed E-state index contributed by atoms with van der Waals surface area (Å²) in [6, 6.07) is 7.10. The lowest BCUT2D eigenvalue weighted by molar-refractivity contribution is -0.137. The van der Waals surface area contributed by atoms with Crippen LogP contribution in [0.3, 0.4) is 0 Å². The maximum Gasteiger partial charge on any atom is 0.331 e. The number of methoxy groups -OCH3 is 1. The molecule has 0 bridgehead atoms. The van der Waals surface area contributed by atoms with Gasteiger partial charge in [0.05, 0.1) is 19.6 Å². The third-order valence-electron chi connectivity index (χ3n) is 2.54. The number of carboxylic acid groups (broad SMARTS) is 1. The first kappa shape index (κ1) is 17.2. The minimum Gasteiger partial charge on any atom is -0.497 e. The van der Waals surface area contributed by atoms with Gasteiger partial charge in [0.15, 0.2) is 0 Å². The van der Waals surface area contributed by atoms with Gasteiger partial charge in [-0.2, -0.15) is 0 Å². The van der Waals surface area contributed by atoms with Crippen LogP contribution in [0.5, 0.6) is 5.75 Å². The van der Waals surface area contributed by atoms with Crippen LogP contribution < -0.4 is 10.1 Å². The summed E-state index contributed by atoms with van der Waals surface area (Å²) in [5.74, 6) is -1.94. The van der Waals surface area contributed by atoms with Crippen molar-refractivity contribution in [3.05, 3.63) is 41.7 Å². The van der Waals surface area contributed by atoms with Gasteiger partial charge >= 0.3 is 11.9 Å². The molecule has 0 saturated carbocycles. The van der Waals surface area contributed by atoms with Gasteiger partial charge in [0, 0.05) is 13.5 Å². The van der Waals surface area contributed by atoms with Crippen LogP contribution in [0.4, 0.5) is 0 Å². The Morgan fingerprint density at radius 1 is 1.23 bits per heavy atom. The molecule has 0 aliphatic heterocycles. The molecular formula is C15H17NO6. The summed E-state index contributed by atoms with van der Waals surface area (Å²) < 4.78 is 9.70. The van der Waals surface area contributed by atoms with Gasteiger partial charge in [-0.25, -0.2) is 4.79 Å². The lowest BCUT2D eigenvalue weighted by Crippen LogP contribution is -2.24. The maximum absolute atomic E-state index is 11.8. The number of hydrogen-bond acceptors (Lipinski definition) is 5. The SMILES string of the molecule is COc1ccc(CNC(=O)CC(=CC(=O)O)OC(C)=O)cc1. The molecule has 0 atom stereocenters. The van der Waals surface area contributed by atoms with E-state index in [1.165, 1.54) is 0 Å². The van der Waals surface area contributed by atoms with E-state index in [1.54, 1.807) is 31.4 Å². The molecule has 0 aliphatic rings. The van der Waals surface area contributed by atoms with E-state index in [9.17, 15) is 14.4 Å². The topological polar surface area (TPSA) is 102 Å². The fraction of sp³-hybridized carbons (Fsp3) is 0.267. The molecule has 1 amide bonds. The van der Waals surface area contributed by atoms with Crippen LogP contribution in [0, 0.1) is 0 Å². The van der Waals surface area contributed by atoms with Crippen molar-refractivity contribution < 1.29 is 29.0 Å². The molecule has 7 heteroatoms. The molecule has 1 aromatic rings. The van der Waals surface area contributed by atoms with Crippen molar-refractivity contribution in [1.29, 1.82) is 0 Å². The third kappa shape index (κ3) is 6.56. The average molecular weight is 307 g/mol. The Kier molecular flexibility index (Phi) is 6.62. The summed E-state index contributed by atoms with van der Waals surface area (Å²) in [6.45, 7) is 1.40. The standard InChI is InChI=1S/C15H17NO6/c1-10(17)22-13(8-15(19)20)7-14(18)16-9-11-3-5-12(21-2)6-4-11/h3-6,8H,7,9H2,1-2H3,(H,16,18)(H,19,20). The number of aliphatic carboxylic acids is 1. The summed E-state index contributed by atoms with van der Waals surface area (Å²) in [5.41, 5.74) is 0.852. The quantitative estimate of drug-likeness (QED) is 0.446. The zero-order valence-electron chi connectivity index (χ0n) is 12.3. The Hall–Kier alpha value is -2.83. The minimum atomic E-state index is -1.29. The predicted molar refractivity (Wildman–Crippen MR) is 76.9 cm³/mol. The number of benzene rings is 1. The molecule has 2 N–H and O–H groups in total. The largest absolute Gasteiger partial charge is 0.497 e. The molecule has 118 valence electrons. The highest BCUT2D eigenvalue weighted by molar-refractivity contribution is 5.85. The van der Waals surface area contributed by atoms with Gasteiger partial charge in [-0.05, 0) is 17.7 Å². The number of esters is 1. The van der Waals surface area contributed by atoms with Crippen LogP contribution >= 0.6 is 0 Å². The summed E-state index contributed by atoms with van der Waals surface area (Å²) in [7, 11) is 1.56. The second kappa shape index (κ2) is 8.46. The molecule has 0 saturated heterocycles. The predicted octanol–water partition coefficient (Wildman–Crippen LogP) is 1.23. The molecule has 0 unspecified atom stereocenters. The van der Waals surface area contributed by atoms with Crippen molar-refractivity contribution in [2.75, 3.05) is 7.11 Å². The lowest BCUT2D eigenvalue weighted by Gasteiger charge is -2.08. The monoisotopic (exact) mass is 307 g/mol. The van der Waals surface area contributed by atoms with Crippen LogP contribution in [0.2, 0.25) is 0 Å². The molecule has 0 radical (unpaired) electrons. The van der Waals surface area contributed by atoms with E-state index < -0.39 is 17.8 Å². The highest BCUT2D eigenvalue weighted by atomic mass is 16.5. The summed E-state index contributed by atoms with van der Waals surface area (Å²) in [6.07, 6.45) is 0.358. The number of carbonyl (C=O) groups is 3. The molecule has 22 heavy (non-hydrogen) atoms. The van der Waals surface area contributed by atoms with Crippen LogP contribution in [0.15, 0.2) is 36.1 Å². The van der Waals surface area contributed by atoms with Crippen LogP contribution in [0.25, 0.3) is 0 Å². The molecule has 0 aliphatic carbocycles. The first-order valence-corrected chi connectivity index (χ1v) is 6.42. The summed E-state index contributed by atoms with van der Waals surface area (Å²) >= 11 is 0. The number of rotatable bonds is 7. The van der Waals surface area contributed by atoms with Crippen molar-refractivity contribution in [1.82, 2.24) is 5.32 Å². The van der Waals surface area contributed by atoms with Gasteiger partial charge < -0.3 is 19.9 Å². The first-order chi connectivity index (χ1) is 10.4. The zero-order valence-corrected chi connectivity index (χ0v) is 12.3. The number of amides is 1. The molecular weight excluding hydrogens is 290 g/mol. The molecule has 1 rings (SSSR count). The zero-order chi connectivity index (χ0) is 16.5. The van der Waals surface area contributed by atoms with Gasteiger partial charge in [0.2, 0.25) is 5.91 Å². The van der Waals surface area contributed by atoms with E-state index in [-0.39, 0.29) is 18.7 Å². The van der Waals surface area contributed by atoms with Gasteiger partial charge in [-0.15, -0.1) is 0 Å². The molecule has 0 fully saturated rings. The van der Waals surface area contributed by atoms with Crippen molar-refractivity contribution in [2.45, 2.75) is 19.9 Å². The van der Waals surface area contributed by atoms with Gasteiger partial charge in [0.25, 0.3) is 0 Å². The Morgan fingerprint density at radius 2 is 1.86 bits per heavy atom. The van der Waals surface area contributed by atoms with E-state index in [2.05, 4.69) is 10.1 Å². The molecule has 1 aromatic carbocycles. The van der Waals surface area contributed by atoms with Gasteiger partial charge in [0.1, 0.15) is 11.5 Å². The second-order valence-corrected chi connectivity index (χ2v) is 4.34. The number of nitrogens with one attached hydrogen (secondary N) is 1. The van der Waals surface area contributed by atoms with E-state index in [0.29, 0.717) is 11.8 Å². The van der Waals surface area contributed by atoms with Crippen molar-refractivity contribution in [2.24, 2.45) is 0 Å².